The predicted octanol–water partition coefficient (Wildman–Crippen LogP) is 4.50. The quantitative estimate of drug-likeness (QED) is 0.291. The van der Waals surface area contributed by atoms with Crippen molar-refractivity contribution in [3.63, 3.8) is 0 Å². The van der Waals surface area contributed by atoms with Crippen molar-refractivity contribution in [1.82, 2.24) is 0 Å². The summed E-state index contributed by atoms with van der Waals surface area (Å²) < 4.78 is 10.3. The SMILES string of the molecule is CC(C(C=CBr)CC=COCCO)C(C=CBr)CC=COCCO. The molecular formula is C18H28Br2O4. The minimum absolute atomic E-state index is 0.0221. The summed E-state index contributed by atoms with van der Waals surface area (Å²) in [5, 5.41) is 17.4. The fraction of sp³-hybridized carbons (Fsp3) is 0.556. The molecule has 0 heterocycles. The Hall–Kier alpha value is -0.560. The lowest BCUT2D eigenvalue weighted by molar-refractivity contribution is 0.164. The number of halogens is 2. The standard InChI is InChI=1S/C18H28Br2O4/c1-16(17(6-8-19)4-2-12-23-14-10-21)18(7-9-20)5-3-13-24-15-11-22/h2-3,6-9,12-13,16-18,21-22H,4-5,10-11,14-15H2,1H3. The fourth-order valence-corrected chi connectivity index (χ4v) is 3.03. The highest BCUT2D eigenvalue weighted by Gasteiger charge is 2.20. The first-order valence-electron chi connectivity index (χ1n) is 7.99. The summed E-state index contributed by atoms with van der Waals surface area (Å²) in [5.41, 5.74) is 0. The number of rotatable bonds is 14. The predicted molar refractivity (Wildman–Crippen MR) is 106 cm³/mol. The van der Waals surface area contributed by atoms with E-state index in [-0.39, 0.29) is 13.2 Å². The van der Waals surface area contributed by atoms with Crippen LogP contribution in [0.4, 0.5) is 0 Å². The molecule has 0 amide bonds. The molecule has 138 valence electrons. The molecule has 2 N–H and O–H groups in total. The van der Waals surface area contributed by atoms with Gasteiger partial charge >= 0.3 is 0 Å². The van der Waals surface area contributed by atoms with Crippen molar-refractivity contribution in [1.29, 1.82) is 0 Å². The Morgan fingerprint density at radius 3 is 1.58 bits per heavy atom. The van der Waals surface area contributed by atoms with Gasteiger partial charge in [-0.2, -0.15) is 0 Å². The summed E-state index contributed by atoms with van der Waals surface area (Å²) in [4.78, 5) is 3.79. The smallest absolute Gasteiger partial charge is 0.110 e. The van der Waals surface area contributed by atoms with E-state index in [4.69, 9.17) is 19.7 Å². The largest absolute Gasteiger partial charge is 0.499 e. The van der Waals surface area contributed by atoms with E-state index >= 15 is 0 Å². The zero-order valence-corrected chi connectivity index (χ0v) is 17.2. The monoisotopic (exact) mass is 466 g/mol. The number of aliphatic hydroxyl groups is 2. The average molecular weight is 468 g/mol. The molecular weight excluding hydrogens is 440 g/mol. The van der Waals surface area contributed by atoms with Crippen LogP contribution in [-0.2, 0) is 9.47 Å². The highest BCUT2D eigenvalue weighted by molar-refractivity contribution is 9.11. The molecule has 0 fully saturated rings. The maximum atomic E-state index is 8.70. The van der Waals surface area contributed by atoms with E-state index in [1.54, 1.807) is 12.5 Å². The second-order valence-corrected chi connectivity index (χ2v) is 6.28. The van der Waals surface area contributed by atoms with Crippen molar-refractivity contribution >= 4 is 31.9 Å². The maximum Gasteiger partial charge on any atom is 0.110 e. The van der Waals surface area contributed by atoms with Crippen LogP contribution in [-0.4, -0.2) is 36.6 Å². The van der Waals surface area contributed by atoms with Gasteiger partial charge in [-0.05, 0) is 52.7 Å². The molecule has 0 aliphatic carbocycles. The van der Waals surface area contributed by atoms with Crippen LogP contribution in [0.3, 0.4) is 0 Å². The molecule has 0 rings (SSSR count). The molecule has 2 atom stereocenters. The van der Waals surface area contributed by atoms with Gasteiger partial charge in [-0.3, -0.25) is 0 Å². The third-order valence-corrected chi connectivity index (χ3v) is 4.22. The molecule has 0 aliphatic heterocycles. The Labute approximate surface area is 162 Å². The van der Waals surface area contributed by atoms with Gasteiger partial charge in [0.2, 0.25) is 0 Å². The molecule has 0 aliphatic rings. The van der Waals surface area contributed by atoms with Crippen molar-refractivity contribution in [3.05, 3.63) is 46.8 Å². The number of ether oxygens (including phenoxy) is 2. The van der Waals surface area contributed by atoms with E-state index in [0.717, 1.165) is 12.8 Å². The Morgan fingerprint density at radius 2 is 1.25 bits per heavy atom. The minimum atomic E-state index is 0.0221. The second kappa shape index (κ2) is 17.3. The van der Waals surface area contributed by atoms with E-state index in [9.17, 15) is 0 Å². The lowest BCUT2D eigenvalue weighted by Gasteiger charge is -2.26. The minimum Gasteiger partial charge on any atom is -0.499 e. The molecule has 0 bridgehead atoms. The molecule has 0 saturated heterocycles. The first kappa shape index (κ1) is 23.4. The van der Waals surface area contributed by atoms with Gasteiger partial charge in [0, 0.05) is 0 Å². The number of aliphatic hydroxyl groups excluding tert-OH is 2. The summed E-state index contributed by atoms with van der Waals surface area (Å²) in [6, 6.07) is 0. The van der Waals surface area contributed by atoms with Crippen LogP contribution in [0.5, 0.6) is 0 Å². The third-order valence-electron chi connectivity index (χ3n) is 3.61. The van der Waals surface area contributed by atoms with E-state index in [1.807, 2.05) is 22.1 Å². The second-order valence-electron chi connectivity index (χ2n) is 5.23. The normalized spacial score (nSPS) is 16.4. The van der Waals surface area contributed by atoms with E-state index in [0.29, 0.717) is 31.0 Å². The molecule has 2 unspecified atom stereocenters. The number of hydrogen-bond donors (Lipinski definition) is 2. The Bertz CT molecular complexity index is 358. The van der Waals surface area contributed by atoms with Crippen LogP contribution >= 0.6 is 31.9 Å². The highest BCUT2D eigenvalue weighted by atomic mass is 79.9. The first-order valence-corrected chi connectivity index (χ1v) is 9.83. The van der Waals surface area contributed by atoms with Gasteiger partial charge in [0.15, 0.2) is 0 Å². The number of allylic oxidation sites excluding steroid dienone is 4. The average Bonchev–Trinajstić information content (AvgIpc) is 2.59. The van der Waals surface area contributed by atoms with Crippen LogP contribution in [0.1, 0.15) is 19.8 Å². The van der Waals surface area contributed by atoms with Crippen molar-refractivity contribution < 1.29 is 19.7 Å². The summed E-state index contributed by atoms with van der Waals surface area (Å²) in [6.45, 7) is 2.90. The highest BCUT2D eigenvalue weighted by Crippen LogP contribution is 2.30. The Morgan fingerprint density at radius 1 is 0.833 bits per heavy atom. The van der Waals surface area contributed by atoms with Crippen LogP contribution in [0.25, 0.3) is 0 Å². The van der Waals surface area contributed by atoms with Crippen LogP contribution in [0.2, 0.25) is 0 Å². The van der Waals surface area contributed by atoms with Crippen LogP contribution in [0.15, 0.2) is 46.8 Å². The number of hydrogen-bond acceptors (Lipinski definition) is 4. The maximum absolute atomic E-state index is 8.70. The van der Waals surface area contributed by atoms with Gasteiger partial charge in [-0.1, -0.05) is 50.9 Å². The van der Waals surface area contributed by atoms with Crippen molar-refractivity contribution in [3.8, 4) is 0 Å². The summed E-state index contributed by atoms with van der Waals surface area (Å²) in [5.74, 6) is 1.09. The van der Waals surface area contributed by atoms with E-state index in [1.165, 1.54) is 0 Å². The van der Waals surface area contributed by atoms with Gasteiger partial charge in [0.25, 0.3) is 0 Å². The molecule has 4 nitrogen and oxygen atoms in total. The van der Waals surface area contributed by atoms with Crippen molar-refractivity contribution in [2.24, 2.45) is 17.8 Å². The lowest BCUT2D eigenvalue weighted by atomic mass is 9.79. The molecule has 0 aromatic rings. The van der Waals surface area contributed by atoms with Crippen molar-refractivity contribution in [2.75, 3.05) is 26.4 Å². The zero-order chi connectivity index (χ0) is 18.0. The van der Waals surface area contributed by atoms with E-state index in [2.05, 4.69) is 50.9 Å². The lowest BCUT2D eigenvalue weighted by Crippen LogP contribution is -2.17. The fourth-order valence-electron chi connectivity index (χ4n) is 2.24. The van der Waals surface area contributed by atoms with Crippen LogP contribution < -0.4 is 0 Å². The molecule has 0 spiro atoms. The van der Waals surface area contributed by atoms with Gasteiger partial charge in [-0.25, -0.2) is 0 Å². The third kappa shape index (κ3) is 11.9. The molecule has 0 aromatic carbocycles. The topological polar surface area (TPSA) is 58.9 Å². The zero-order valence-electron chi connectivity index (χ0n) is 14.1. The molecule has 6 heteroatoms. The van der Waals surface area contributed by atoms with E-state index < -0.39 is 0 Å². The van der Waals surface area contributed by atoms with Gasteiger partial charge in [0.05, 0.1) is 25.7 Å². The van der Waals surface area contributed by atoms with Crippen molar-refractivity contribution in [2.45, 2.75) is 19.8 Å². The molecule has 0 saturated carbocycles. The summed E-state index contributed by atoms with van der Waals surface area (Å²) >= 11 is 6.74. The molecule has 0 aromatic heterocycles. The van der Waals surface area contributed by atoms with Gasteiger partial charge < -0.3 is 19.7 Å². The first-order chi connectivity index (χ1) is 11.7. The summed E-state index contributed by atoms with van der Waals surface area (Å²) in [6.07, 6.45) is 13.3. The molecule has 0 radical (unpaired) electrons. The van der Waals surface area contributed by atoms with Crippen LogP contribution in [0, 0.1) is 17.8 Å². The molecule has 24 heavy (non-hydrogen) atoms. The van der Waals surface area contributed by atoms with Gasteiger partial charge in [0.1, 0.15) is 13.2 Å². The Kier molecular flexibility index (Phi) is 16.9. The van der Waals surface area contributed by atoms with Gasteiger partial charge in [-0.15, -0.1) is 0 Å². The Balaban J connectivity index is 4.68. The summed E-state index contributed by atoms with van der Waals surface area (Å²) in [7, 11) is 0.